The van der Waals surface area contributed by atoms with Crippen LogP contribution in [0.1, 0.15) is 22.8 Å². The molecule has 8 nitrogen and oxygen atoms in total. The molecule has 0 spiro atoms. The molecule has 0 saturated heterocycles. The fraction of sp³-hybridized carbons (Fsp3) is 0.231. The summed E-state index contributed by atoms with van der Waals surface area (Å²) < 4.78 is 9.63. The van der Waals surface area contributed by atoms with Gasteiger partial charge < -0.3 is 10.1 Å². The van der Waals surface area contributed by atoms with E-state index in [2.05, 4.69) is 27.2 Å². The molecular weight excluding hydrogens is 460 g/mol. The predicted octanol–water partition coefficient (Wildman–Crippen LogP) is 4.88. The number of rotatable bonds is 10. The molecule has 2 heterocycles. The number of nitrogens with zero attached hydrogens (tertiary/aromatic N) is 5. The summed E-state index contributed by atoms with van der Waals surface area (Å²) in [5.41, 5.74) is 4.42. The maximum atomic E-state index is 12.8. The Bertz CT molecular complexity index is 1330. The minimum absolute atomic E-state index is 0.139. The van der Waals surface area contributed by atoms with Crippen molar-refractivity contribution in [1.29, 1.82) is 0 Å². The number of aromatic nitrogens is 5. The summed E-state index contributed by atoms with van der Waals surface area (Å²) >= 11 is 1.32. The van der Waals surface area contributed by atoms with Crippen molar-refractivity contribution in [3.63, 3.8) is 0 Å². The van der Waals surface area contributed by atoms with Crippen molar-refractivity contribution in [1.82, 2.24) is 24.5 Å². The summed E-state index contributed by atoms with van der Waals surface area (Å²) in [6.45, 7) is 10.5. The molecule has 0 radical (unpaired) electrons. The summed E-state index contributed by atoms with van der Waals surface area (Å²) in [7, 11) is 0. The molecule has 4 rings (SSSR count). The van der Waals surface area contributed by atoms with Gasteiger partial charge >= 0.3 is 0 Å². The van der Waals surface area contributed by atoms with Crippen molar-refractivity contribution in [3.8, 4) is 11.4 Å². The molecule has 0 aliphatic rings. The average molecular weight is 489 g/mol. The maximum absolute atomic E-state index is 12.8. The first-order chi connectivity index (χ1) is 17.0. The second-order valence-electron chi connectivity index (χ2n) is 8.03. The van der Waals surface area contributed by atoms with E-state index in [1.54, 1.807) is 6.08 Å². The number of carbonyl (C=O) groups excluding carboxylic acids is 1. The van der Waals surface area contributed by atoms with Gasteiger partial charge in [-0.25, -0.2) is 4.68 Å². The maximum Gasteiger partial charge on any atom is 0.234 e. The number of benzene rings is 2. The topological polar surface area (TPSA) is 86.9 Å². The molecule has 1 amide bonds. The van der Waals surface area contributed by atoms with Crippen molar-refractivity contribution in [2.45, 2.75) is 39.1 Å². The second kappa shape index (κ2) is 11.1. The van der Waals surface area contributed by atoms with Gasteiger partial charge in [0.15, 0.2) is 11.0 Å². The van der Waals surface area contributed by atoms with E-state index in [-0.39, 0.29) is 18.3 Å². The fourth-order valence-electron chi connectivity index (χ4n) is 3.65. The molecule has 0 saturated carbocycles. The Kier molecular flexibility index (Phi) is 7.67. The molecule has 1 N–H and O–H groups in total. The van der Waals surface area contributed by atoms with Gasteiger partial charge in [-0.2, -0.15) is 5.10 Å². The third kappa shape index (κ3) is 5.81. The highest BCUT2D eigenvalue weighted by Crippen LogP contribution is 2.24. The Hall–Kier alpha value is -3.85. The smallest absolute Gasteiger partial charge is 0.234 e. The summed E-state index contributed by atoms with van der Waals surface area (Å²) in [5.74, 6) is 1.49. The quantitative estimate of drug-likeness (QED) is 0.253. The van der Waals surface area contributed by atoms with Crippen LogP contribution in [0.25, 0.3) is 5.69 Å². The van der Waals surface area contributed by atoms with Gasteiger partial charge in [0, 0.05) is 6.54 Å². The number of nitrogens with one attached hydrogen (secondary N) is 1. The van der Waals surface area contributed by atoms with E-state index >= 15 is 0 Å². The molecule has 2 aromatic heterocycles. The molecule has 4 aromatic rings. The molecule has 0 bridgehead atoms. The molecule has 35 heavy (non-hydrogen) atoms. The van der Waals surface area contributed by atoms with Gasteiger partial charge in [-0.3, -0.25) is 9.36 Å². The second-order valence-corrected chi connectivity index (χ2v) is 8.98. The third-order valence-corrected chi connectivity index (χ3v) is 6.32. The van der Waals surface area contributed by atoms with Gasteiger partial charge in [0.25, 0.3) is 0 Å². The number of carbonyl (C=O) groups is 1. The number of aryl methyl sites for hydroxylation is 2. The highest BCUT2D eigenvalue weighted by Gasteiger charge is 2.18. The zero-order valence-electron chi connectivity index (χ0n) is 20.1. The summed E-state index contributed by atoms with van der Waals surface area (Å²) in [6, 6.07) is 17.7. The van der Waals surface area contributed by atoms with E-state index in [0.717, 1.165) is 34.1 Å². The van der Waals surface area contributed by atoms with Crippen LogP contribution in [0.2, 0.25) is 0 Å². The Labute approximate surface area is 209 Å². The minimum Gasteiger partial charge on any atom is -0.486 e. The van der Waals surface area contributed by atoms with Crippen LogP contribution in [0.5, 0.6) is 5.75 Å². The van der Waals surface area contributed by atoms with Crippen LogP contribution >= 0.6 is 11.8 Å². The summed E-state index contributed by atoms with van der Waals surface area (Å²) in [6.07, 6.45) is 1.77. The summed E-state index contributed by atoms with van der Waals surface area (Å²) in [5, 5.41) is 16.8. The lowest BCUT2D eigenvalue weighted by molar-refractivity contribution is -0.113. The van der Waals surface area contributed by atoms with E-state index in [1.807, 2.05) is 84.6 Å². The number of hydrogen-bond donors (Lipinski definition) is 1. The van der Waals surface area contributed by atoms with E-state index in [1.165, 1.54) is 11.8 Å². The number of thioether (sulfide) groups is 1. The Balaban J connectivity index is 1.41. The molecule has 0 unspecified atom stereocenters. The third-order valence-electron chi connectivity index (χ3n) is 5.35. The van der Waals surface area contributed by atoms with E-state index in [9.17, 15) is 4.79 Å². The Morgan fingerprint density at radius 2 is 1.91 bits per heavy atom. The number of hydrogen-bond acceptors (Lipinski definition) is 6. The zero-order valence-corrected chi connectivity index (χ0v) is 20.9. The Morgan fingerprint density at radius 1 is 1.11 bits per heavy atom. The number of ether oxygens (including phenoxy) is 1. The molecule has 0 aliphatic heterocycles. The number of anilines is 1. The first kappa shape index (κ1) is 24.3. The molecular formula is C26H28N6O2S. The fourth-order valence-corrected chi connectivity index (χ4v) is 4.41. The predicted molar refractivity (Wildman–Crippen MR) is 138 cm³/mol. The minimum atomic E-state index is -0.139. The van der Waals surface area contributed by atoms with E-state index in [0.29, 0.717) is 17.5 Å². The molecule has 9 heteroatoms. The van der Waals surface area contributed by atoms with Crippen molar-refractivity contribution in [3.05, 3.63) is 90.0 Å². The van der Waals surface area contributed by atoms with Gasteiger partial charge in [-0.1, -0.05) is 48.2 Å². The van der Waals surface area contributed by atoms with Crippen molar-refractivity contribution >= 4 is 23.4 Å². The SMILES string of the molecule is C=CCn1c(COc2cccc(C)c2)nnc1SCC(=O)Nc1c(C)nn(-c2ccccc2)c1C. The number of amides is 1. The Morgan fingerprint density at radius 3 is 2.66 bits per heavy atom. The number of allylic oxidation sites excluding steroid dienone is 1. The number of para-hydroxylation sites is 1. The van der Waals surface area contributed by atoms with Crippen molar-refractivity contribution in [2.24, 2.45) is 0 Å². The zero-order chi connectivity index (χ0) is 24.8. The van der Waals surface area contributed by atoms with Crippen LogP contribution in [0, 0.1) is 20.8 Å². The van der Waals surface area contributed by atoms with Gasteiger partial charge in [0.05, 0.1) is 28.5 Å². The van der Waals surface area contributed by atoms with Gasteiger partial charge in [0.1, 0.15) is 12.4 Å². The lowest BCUT2D eigenvalue weighted by Crippen LogP contribution is -2.16. The molecule has 2 aromatic carbocycles. The highest BCUT2D eigenvalue weighted by molar-refractivity contribution is 7.99. The summed E-state index contributed by atoms with van der Waals surface area (Å²) in [4.78, 5) is 12.8. The van der Waals surface area contributed by atoms with Crippen LogP contribution in [0.15, 0.2) is 72.4 Å². The van der Waals surface area contributed by atoms with Crippen LogP contribution in [0.4, 0.5) is 5.69 Å². The van der Waals surface area contributed by atoms with E-state index in [4.69, 9.17) is 4.74 Å². The van der Waals surface area contributed by atoms with Crippen LogP contribution in [0.3, 0.4) is 0 Å². The lowest BCUT2D eigenvalue weighted by Gasteiger charge is -2.10. The van der Waals surface area contributed by atoms with E-state index < -0.39 is 0 Å². The molecule has 0 atom stereocenters. The standard InChI is InChI=1S/C26H28N6O2S/c1-5-14-31-23(16-34-22-13-9-10-18(2)15-22)28-29-26(31)35-17-24(33)27-25-19(3)30-32(20(25)4)21-11-7-6-8-12-21/h5-13,15H,1,14,16-17H2,2-4H3,(H,27,33). The average Bonchev–Trinajstić information content (AvgIpc) is 3.37. The first-order valence-electron chi connectivity index (χ1n) is 11.2. The van der Waals surface area contributed by atoms with Crippen molar-refractivity contribution < 1.29 is 9.53 Å². The van der Waals surface area contributed by atoms with Gasteiger partial charge in [0.2, 0.25) is 5.91 Å². The van der Waals surface area contributed by atoms with Crippen LogP contribution in [-0.4, -0.2) is 36.2 Å². The van der Waals surface area contributed by atoms with Gasteiger partial charge in [-0.05, 0) is 50.6 Å². The van der Waals surface area contributed by atoms with Crippen molar-refractivity contribution in [2.75, 3.05) is 11.1 Å². The van der Waals surface area contributed by atoms with Crippen LogP contribution in [-0.2, 0) is 17.9 Å². The lowest BCUT2D eigenvalue weighted by atomic mass is 10.2. The monoisotopic (exact) mass is 488 g/mol. The molecule has 0 fully saturated rings. The largest absolute Gasteiger partial charge is 0.486 e. The van der Waals surface area contributed by atoms with Gasteiger partial charge in [-0.15, -0.1) is 16.8 Å². The van der Waals surface area contributed by atoms with Crippen LogP contribution < -0.4 is 10.1 Å². The molecule has 0 aliphatic carbocycles. The highest BCUT2D eigenvalue weighted by atomic mass is 32.2. The molecule has 180 valence electrons. The normalized spacial score (nSPS) is 10.8. The first-order valence-corrected chi connectivity index (χ1v) is 12.2.